The minimum absolute atomic E-state index is 0.0484. The molecule has 8 nitrogen and oxygen atoms in total. The highest BCUT2D eigenvalue weighted by Crippen LogP contribution is 2.38. The van der Waals surface area contributed by atoms with Gasteiger partial charge < -0.3 is 14.6 Å². The molecule has 0 spiro atoms. The predicted octanol–water partition coefficient (Wildman–Crippen LogP) is 5.42. The maximum atomic E-state index is 13.5. The summed E-state index contributed by atoms with van der Waals surface area (Å²) >= 11 is 0. The second-order valence-corrected chi connectivity index (χ2v) is 9.27. The third-order valence-corrected chi connectivity index (χ3v) is 5.42. The van der Waals surface area contributed by atoms with Gasteiger partial charge in [-0.1, -0.05) is 19.1 Å². The van der Waals surface area contributed by atoms with E-state index in [0.29, 0.717) is 0 Å². The van der Waals surface area contributed by atoms with E-state index < -0.39 is 52.5 Å². The summed E-state index contributed by atoms with van der Waals surface area (Å²) in [6.45, 7) is 7.93. The topological polar surface area (TPSA) is 106 Å². The van der Waals surface area contributed by atoms with Crippen LogP contribution in [0.25, 0.3) is 10.9 Å². The van der Waals surface area contributed by atoms with Crippen LogP contribution in [0.4, 0.5) is 18.0 Å². The monoisotopic (exact) mass is 512 g/mol. The number of carbonyl (C=O) groups excluding carboxylic acids is 3. The number of alkyl halides is 3. The maximum Gasteiger partial charge on any atom is 0.418 e. The van der Waals surface area contributed by atoms with Gasteiger partial charge in [0.2, 0.25) is 0 Å². The van der Waals surface area contributed by atoms with Gasteiger partial charge in [0, 0.05) is 18.4 Å². The Bertz CT molecular complexity index is 1140. The molecule has 1 atom stereocenters. The lowest BCUT2D eigenvalue weighted by Gasteiger charge is -2.31. The summed E-state index contributed by atoms with van der Waals surface area (Å²) in [6.07, 6.45) is -5.41. The first-order chi connectivity index (χ1) is 16.6. The molecular weight excluding hydrogens is 481 g/mol. The Morgan fingerprint density at radius 3 is 2.33 bits per heavy atom. The largest absolute Gasteiger partial charge is 0.505 e. The minimum atomic E-state index is -4.70. The van der Waals surface area contributed by atoms with E-state index in [4.69, 9.17) is 9.47 Å². The van der Waals surface area contributed by atoms with Gasteiger partial charge in [0.05, 0.1) is 29.4 Å². The number of aromatic hydroxyl groups is 1. The van der Waals surface area contributed by atoms with Crippen molar-refractivity contribution in [2.24, 2.45) is 0 Å². The number of pyridine rings is 1. The number of aryl methyl sites for hydroxylation is 1. The molecule has 2 rings (SSSR count). The Balaban J connectivity index is 2.36. The smallest absolute Gasteiger partial charge is 0.418 e. The average Bonchev–Trinajstić information content (AvgIpc) is 2.76. The second kappa shape index (κ2) is 11.1. The van der Waals surface area contributed by atoms with Crippen molar-refractivity contribution < 1.29 is 42.1 Å². The van der Waals surface area contributed by atoms with E-state index in [2.05, 4.69) is 4.98 Å². The molecule has 1 N–H and O–H groups in total. The first-order valence-electron chi connectivity index (χ1n) is 11.4. The van der Waals surface area contributed by atoms with Crippen LogP contribution in [0, 0.1) is 6.92 Å². The van der Waals surface area contributed by atoms with E-state index in [9.17, 15) is 32.7 Å². The van der Waals surface area contributed by atoms with Crippen LogP contribution >= 0.6 is 0 Å². The quantitative estimate of drug-likeness (QED) is 0.372. The van der Waals surface area contributed by atoms with Crippen molar-refractivity contribution in [3.05, 3.63) is 35.0 Å². The van der Waals surface area contributed by atoms with Gasteiger partial charge in [0.25, 0.3) is 0 Å². The van der Waals surface area contributed by atoms with Crippen LogP contribution in [0.3, 0.4) is 0 Å². The molecule has 0 aliphatic rings. The number of rotatable bonds is 8. The zero-order chi connectivity index (χ0) is 27.4. The van der Waals surface area contributed by atoms with Crippen LogP contribution in [0.5, 0.6) is 5.75 Å². The number of Topliss-reactive ketones (excluding diaryl/α,β-unsaturated/α-hetero) is 1. The second-order valence-electron chi connectivity index (χ2n) is 9.27. The number of nitrogens with zero attached hydrogens (tertiary/aromatic N) is 2. The number of fused-ring (bicyclic) bond motifs is 1. The number of ketones is 1. The first kappa shape index (κ1) is 28.9. The van der Waals surface area contributed by atoms with Crippen molar-refractivity contribution in [1.29, 1.82) is 0 Å². The highest BCUT2D eigenvalue weighted by atomic mass is 19.4. The fourth-order valence-electron chi connectivity index (χ4n) is 3.79. The van der Waals surface area contributed by atoms with Crippen molar-refractivity contribution in [2.75, 3.05) is 13.7 Å². The molecule has 0 saturated carbocycles. The van der Waals surface area contributed by atoms with E-state index in [-0.39, 0.29) is 42.5 Å². The molecule has 36 heavy (non-hydrogen) atoms. The highest BCUT2D eigenvalue weighted by Gasteiger charge is 2.35. The zero-order valence-electron chi connectivity index (χ0n) is 21.2. The molecule has 0 aliphatic heterocycles. The van der Waals surface area contributed by atoms with Gasteiger partial charge >= 0.3 is 18.2 Å². The number of benzene rings is 1. The van der Waals surface area contributed by atoms with Gasteiger partial charge in [-0.15, -0.1) is 0 Å². The van der Waals surface area contributed by atoms with E-state index in [0.717, 1.165) is 12.1 Å². The van der Waals surface area contributed by atoms with Gasteiger partial charge in [-0.05, 0) is 46.6 Å². The Labute approximate surface area is 207 Å². The SMILES string of the molecule is CC[C@@H](C(=O)OC)N(CCCC(=O)c1c(O)c(C)nc2c(C(F)(F)F)cccc12)C(=O)OC(C)(C)C. The predicted molar refractivity (Wildman–Crippen MR) is 126 cm³/mol. The summed E-state index contributed by atoms with van der Waals surface area (Å²) in [5, 5.41) is 10.4. The fraction of sp³-hybridized carbons (Fsp3) is 0.520. The Hall–Kier alpha value is -3.37. The van der Waals surface area contributed by atoms with E-state index in [1.165, 1.54) is 25.0 Å². The van der Waals surface area contributed by atoms with Crippen molar-refractivity contribution in [3.63, 3.8) is 0 Å². The summed E-state index contributed by atoms with van der Waals surface area (Å²) in [5.41, 5.74) is -2.68. The van der Waals surface area contributed by atoms with Crippen LogP contribution < -0.4 is 0 Å². The number of hydrogen-bond acceptors (Lipinski definition) is 7. The van der Waals surface area contributed by atoms with Crippen LogP contribution in [0.2, 0.25) is 0 Å². The van der Waals surface area contributed by atoms with Gasteiger partial charge in [-0.25, -0.2) is 14.6 Å². The Morgan fingerprint density at radius 2 is 1.81 bits per heavy atom. The number of amides is 1. The van der Waals surface area contributed by atoms with Crippen molar-refractivity contribution >= 4 is 28.7 Å². The number of esters is 1. The number of carbonyl (C=O) groups is 3. The number of ether oxygens (including phenoxy) is 2. The molecule has 0 saturated heterocycles. The Kier molecular flexibility index (Phi) is 8.93. The van der Waals surface area contributed by atoms with Crippen LogP contribution in [0.1, 0.15) is 68.6 Å². The van der Waals surface area contributed by atoms with Crippen molar-refractivity contribution in [3.8, 4) is 5.75 Å². The minimum Gasteiger partial charge on any atom is -0.505 e. The third-order valence-electron chi connectivity index (χ3n) is 5.42. The molecule has 11 heteroatoms. The number of para-hydroxylation sites is 1. The number of hydrogen-bond donors (Lipinski definition) is 1. The summed E-state index contributed by atoms with van der Waals surface area (Å²) in [6, 6.07) is 2.34. The Morgan fingerprint density at radius 1 is 1.17 bits per heavy atom. The van der Waals surface area contributed by atoms with Gasteiger partial charge in [0.15, 0.2) is 5.78 Å². The molecule has 1 aromatic heterocycles. The van der Waals surface area contributed by atoms with Gasteiger partial charge in [0.1, 0.15) is 17.4 Å². The number of methoxy groups -OCH3 is 1. The molecular formula is C25H31F3N2O6. The van der Waals surface area contributed by atoms with Gasteiger partial charge in [-0.3, -0.25) is 9.69 Å². The molecule has 198 valence electrons. The first-order valence-corrected chi connectivity index (χ1v) is 11.4. The lowest BCUT2D eigenvalue weighted by atomic mass is 9.97. The summed E-state index contributed by atoms with van der Waals surface area (Å²) < 4.78 is 50.7. The molecule has 1 heterocycles. The normalized spacial score (nSPS) is 12.8. The molecule has 2 aromatic rings. The van der Waals surface area contributed by atoms with E-state index in [1.807, 2.05) is 0 Å². The summed E-state index contributed by atoms with van der Waals surface area (Å²) in [7, 11) is 1.19. The highest BCUT2D eigenvalue weighted by molar-refractivity contribution is 6.10. The lowest BCUT2D eigenvalue weighted by molar-refractivity contribution is -0.147. The average molecular weight is 513 g/mol. The van der Waals surface area contributed by atoms with Crippen LogP contribution in [-0.2, 0) is 20.4 Å². The number of aromatic nitrogens is 1. The molecule has 0 radical (unpaired) electrons. The molecule has 0 unspecified atom stereocenters. The maximum absolute atomic E-state index is 13.5. The molecule has 1 amide bonds. The molecule has 0 bridgehead atoms. The molecule has 1 aromatic carbocycles. The fourth-order valence-corrected chi connectivity index (χ4v) is 3.79. The standard InChI is InChI=1S/C25H31F3N2O6/c1-7-17(22(33)35-6)30(23(34)36-24(3,4)5)13-9-12-18(31)19-15-10-8-11-16(25(26,27)28)20(15)29-14(2)21(19)32/h8,10-11,17,32H,7,9,12-13H2,1-6H3/t17-/m0/s1. The van der Waals surface area contributed by atoms with E-state index in [1.54, 1.807) is 27.7 Å². The van der Waals surface area contributed by atoms with Crippen molar-refractivity contribution in [1.82, 2.24) is 9.88 Å². The van der Waals surface area contributed by atoms with E-state index >= 15 is 0 Å². The summed E-state index contributed by atoms with van der Waals surface area (Å²) in [5.74, 6) is -1.78. The van der Waals surface area contributed by atoms with Crippen LogP contribution in [-0.4, -0.2) is 58.1 Å². The van der Waals surface area contributed by atoms with Crippen molar-refractivity contribution in [2.45, 2.75) is 71.7 Å². The van der Waals surface area contributed by atoms with Gasteiger partial charge in [-0.2, -0.15) is 13.2 Å². The molecule has 0 aliphatic carbocycles. The summed E-state index contributed by atoms with van der Waals surface area (Å²) in [4.78, 5) is 43.2. The molecule has 0 fully saturated rings. The lowest BCUT2D eigenvalue weighted by Crippen LogP contribution is -2.47. The zero-order valence-corrected chi connectivity index (χ0v) is 21.2. The number of halogens is 3. The third kappa shape index (κ3) is 6.64. The van der Waals surface area contributed by atoms with Crippen LogP contribution in [0.15, 0.2) is 18.2 Å².